The number of benzene rings is 3. The molecule has 4 aromatic rings. The fourth-order valence-corrected chi connectivity index (χ4v) is 8.90. The van der Waals surface area contributed by atoms with Crippen LogP contribution in [0.3, 0.4) is 0 Å². The third-order valence-corrected chi connectivity index (χ3v) is 10.9. The minimum absolute atomic E-state index is 0.0589. The van der Waals surface area contributed by atoms with Crippen LogP contribution in [0.5, 0.6) is 17.5 Å². The summed E-state index contributed by atoms with van der Waals surface area (Å²) in [6.45, 7) is 2.90. The van der Waals surface area contributed by atoms with Crippen LogP contribution in [-0.4, -0.2) is 70.6 Å². The highest BCUT2D eigenvalue weighted by Crippen LogP contribution is 2.49. The largest absolute Gasteiger partial charge is 0.508 e. The Morgan fingerprint density at radius 1 is 1.09 bits per heavy atom. The van der Waals surface area contributed by atoms with Crippen LogP contribution in [-0.2, 0) is 0 Å². The summed E-state index contributed by atoms with van der Waals surface area (Å²) in [5.41, 5.74) is 0.657. The van der Waals surface area contributed by atoms with Gasteiger partial charge in [-0.3, -0.25) is 4.90 Å². The Labute approximate surface area is 248 Å². The van der Waals surface area contributed by atoms with Crippen molar-refractivity contribution in [1.29, 1.82) is 0 Å². The highest BCUT2D eigenvalue weighted by molar-refractivity contribution is 6.04. The van der Waals surface area contributed by atoms with Gasteiger partial charge in [0.25, 0.3) is 0 Å². The maximum Gasteiger partial charge on any atom is 0.319 e. The Morgan fingerprint density at radius 2 is 2.00 bits per heavy atom. The fourth-order valence-electron chi connectivity index (χ4n) is 8.90. The van der Waals surface area contributed by atoms with Crippen LogP contribution >= 0.6 is 0 Å². The second-order valence-electron chi connectivity index (χ2n) is 13.3. The van der Waals surface area contributed by atoms with Crippen molar-refractivity contribution in [2.75, 3.05) is 37.7 Å². The van der Waals surface area contributed by atoms with Crippen molar-refractivity contribution in [2.45, 2.75) is 56.3 Å². The van der Waals surface area contributed by atoms with Gasteiger partial charge in [-0.05, 0) is 85.0 Å². The van der Waals surface area contributed by atoms with Crippen LogP contribution in [0.1, 0.15) is 38.5 Å². The molecule has 1 aromatic heterocycles. The summed E-state index contributed by atoms with van der Waals surface area (Å²) in [5, 5.41) is 12.8. The maximum atomic E-state index is 16.9. The highest BCUT2D eigenvalue weighted by Gasteiger charge is 2.50. The molecule has 1 aliphatic carbocycles. The van der Waals surface area contributed by atoms with Crippen molar-refractivity contribution in [2.24, 2.45) is 11.8 Å². The van der Waals surface area contributed by atoms with Gasteiger partial charge in [-0.2, -0.15) is 9.97 Å². The molecule has 5 aliphatic rings. The first-order valence-electron chi connectivity index (χ1n) is 15.6. The standard InChI is InChI=1S/C34H34F2N4O3/c35-22-14-34(8-3-9-39(34)16-22)18-43-33-37-31-29-28(42-17-27-21-7-6-19(10-21)15-40(27)32(29)38-33)13-26(30(31)36)25-12-23(41)11-20-4-1-2-5-24(20)25/h1-2,4-5,11-13,19,21-22,27,41H,3,6-10,14-18H2/t19-,21+,22-,27-,34+/m1/s1. The number of piperidine rings is 1. The lowest BCUT2D eigenvalue weighted by Gasteiger charge is -2.39. The van der Waals surface area contributed by atoms with E-state index in [0.717, 1.165) is 43.1 Å². The average molecular weight is 585 g/mol. The normalized spacial score (nSPS) is 29.5. The number of fused-ring (bicyclic) bond motifs is 7. The SMILES string of the molecule is Oc1cc(-c2cc3c4c(nc(OC[C@@]56CCCN5C[C@H](F)C6)nc4c2F)N2C[C@@H]4CC[C@@H](C4)[C@H]2CO3)c2ccccc2c1. The van der Waals surface area contributed by atoms with Crippen molar-refractivity contribution in [3.63, 3.8) is 0 Å². The van der Waals surface area contributed by atoms with Crippen LogP contribution in [0.2, 0.25) is 0 Å². The fraction of sp³-hybridized carbons (Fsp3) is 0.471. The number of aromatic hydroxyl groups is 1. The first-order chi connectivity index (χ1) is 21.0. The van der Waals surface area contributed by atoms with Crippen LogP contribution in [0.25, 0.3) is 32.8 Å². The molecule has 43 heavy (non-hydrogen) atoms. The number of alkyl halides is 1. The third kappa shape index (κ3) is 3.93. The van der Waals surface area contributed by atoms with Crippen molar-refractivity contribution in [3.8, 4) is 28.6 Å². The molecule has 3 saturated heterocycles. The van der Waals surface area contributed by atoms with Gasteiger partial charge >= 0.3 is 6.01 Å². The number of aromatic nitrogens is 2. The summed E-state index contributed by atoms with van der Waals surface area (Å²) in [5.74, 6) is 1.83. The summed E-state index contributed by atoms with van der Waals surface area (Å²) >= 11 is 0. The molecule has 9 rings (SSSR count). The second kappa shape index (κ2) is 9.39. The first kappa shape index (κ1) is 25.7. The molecule has 3 aromatic carbocycles. The minimum Gasteiger partial charge on any atom is -0.508 e. The predicted octanol–water partition coefficient (Wildman–Crippen LogP) is 6.25. The number of phenolic OH excluding ortho intramolecular Hbond substituents is 1. The van der Waals surface area contributed by atoms with E-state index in [9.17, 15) is 9.50 Å². The van der Waals surface area contributed by atoms with E-state index in [0.29, 0.717) is 59.5 Å². The van der Waals surface area contributed by atoms with E-state index in [-0.39, 0.29) is 35.5 Å². The lowest BCUT2D eigenvalue weighted by molar-refractivity contribution is 0.107. The van der Waals surface area contributed by atoms with E-state index in [1.165, 1.54) is 12.8 Å². The molecule has 4 aliphatic heterocycles. The third-order valence-electron chi connectivity index (χ3n) is 10.9. The predicted molar refractivity (Wildman–Crippen MR) is 160 cm³/mol. The number of rotatable bonds is 4. The summed E-state index contributed by atoms with van der Waals surface area (Å²) in [6, 6.07) is 12.9. The van der Waals surface area contributed by atoms with Gasteiger partial charge in [-0.15, -0.1) is 0 Å². The van der Waals surface area contributed by atoms with Gasteiger partial charge in [0.05, 0.1) is 17.0 Å². The molecule has 1 saturated carbocycles. The summed E-state index contributed by atoms with van der Waals surface area (Å²) < 4.78 is 44.2. The van der Waals surface area contributed by atoms with E-state index in [1.807, 2.05) is 24.3 Å². The number of anilines is 1. The number of hydrogen-bond donors (Lipinski definition) is 1. The molecule has 2 bridgehead atoms. The highest BCUT2D eigenvalue weighted by atomic mass is 19.1. The van der Waals surface area contributed by atoms with Gasteiger partial charge in [-0.25, -0.2) is 8.78 Å². The van der Waals surface area contributed by atoms with Gasteiger partial charge in [0, 0.05) is 25.1 Å². The van der Waals surface area contributed by atoms with Crippen molar-refractivity contribution in [1.82, 2.24) is 14.9 Å². The lowest BCUT2D eigenvalue weighted by Crippen LogP contribution is -2.48. The molecule has 5 heterocycles. The smallest absolute Gasteiger partial charge is 0.319 e. The summed E-state index contributed by atoms with van der Waals surface area (Å²) in [7, 11) is 0. The van der Waals surface area contributed by atoms with Gasteiger partial charge in [0.2, 0.25) is 0 Å². The monoisotopic (exact) mass is 584 g/mol. The van der Waals surface area contributed by atoms with Crippen LogP contribution in [0, 0.1) is 17.7 Å². The molecule has 1 N–H and O–H groups in total. The van der Waals surface area contributed by atoms with Gasteiger partial charge < -0.3 is 19.5 Å². The van der Waals surface area contributed by atoms with E-state index >= 15 is 4.39 Å². The minimum atomic E-state index is -0.868. The Kier molecular flexibility index (Phi) is 5.62. The van der Waals surface area contributed by atoms with Crippen molar-refractivity contribution < 1.29 is 23.4 Å². The molecule has 222 valence electrons. The van der Waals surface area contributed by atoms with Crippen molar-refractivity contribution in [3.05, 3.63) is 48.3 Å². The van der Waals surface area contributed by atoms with E-state index in [4.69, 9.17) is 19.4 Å². The summed E-state index contributed by atoms with van der Waals surface area (Å²) in [6.07, 6.45) is 4.96. The van der Waals surface area contributed by atoms with Gasteiger partial charge in [-0.1, -0.05) is 24.3 Å². The molecule has 4 fully saturated rings. The molecular weight excluding hydrogens is 550 g/mol. The maximum absolute atomic E-state index is 16.9. The molecular formula is C34H34F2N4O3. The van der Waals surface area contributed by atoms with Crippen molar-refractivity contribution >= 4 is 27.5 Å². The lowest BCUT2D eigenvalue weighted by atomic mass is 9.91. The Hall–Kier alpha value is -3.72. The molecule has 0 radical (unpaired) electrons. The quantitative estimate of drug-likeness (QED) is 0.304. The average Bonchev–Trinajstić information content (AvgIpc) is 3.64. The van der Waals surface area contributed by atoms with Crippen LogP contribution in [0.4, 0.5) is 14.6 Å². The topological polar surface area (TPSA) is 71.0 Å². The van der Waals surface area contributed by atoms with E-state index < -0.39 is 12.0 Å². The second-order valence-corrected chi connectivity index (χ2v) is 13.3. The zero-order valence-corrected chi connectivity index (χ0v) is 23.9. The van der Waals surface area contributed by atoms with Crippen LogP contribution in [0.15, 0.2) is 42.5 Å². The van der Waals surface area contributed by atoms with E-state index in [1.54, 1.807) is 18.2 Å². The molecule has 0 amide bonds. The Balaban J connectivity index is 1.22. The summed E-state index contributed by atoms with van der Waals surface area (Å²) in [4.78, 5) is 14.2. The first-order valence-corrected chi connectivity index (χ1v) is 15.6. The number of phenols is 1. The number of ether oxygens (including phenoxy) is 2. The molecule has 9 heteroatoms. The molecule has 7 nitrogen and oxygen atoms in total. The Bertz CT molecular complexity index is 1780. The van der Waals surface area contributed by atoms with Crippen LogP contribution < -0.4 is 14.4 Å². The van der Waals surface area contributed by atoms with Gasteiger partial charge in [0.1, 0.15) is 42.2 Å². The number of nitrogens with zero attached hydrogens (tertiary/aromatic N) is 4. The zero-order valence-electron chi connectivity index (χ0n) is 23.9. The zero-order chi connectivity index (χ0) is 28.9. The molecule has 0 spiro atoms. The number of hydrogen-bond acceptors (Lipinski definition) is 7. The molecule has 5 atom stereocenters. The van der Waals surface area contributed by atoms with Gasteiger partial charge in [0.15, 0.2) is 5.82 Å². The Morgan fingerprint density at radius 3 is 2.93 bits per heavy atom. The number of halogens is 2. The van der Waals surface area contributed by atoms with E-state index in [2.05, 4.69) is 9.80 Å². The molecule has 0 unspecified atom stereocenters.